The Labute approximate surface area is 113 Å². The maximum atomic E-state index is 13.3. The quantitative estimate of drug-likeness (QED) is 0.791. The van der Waals surface area contributed by atoms with Crippen LogP contribution in [-0.2, 0) is 4.79 Å². The van der Waals surface area contributed by atoms with Gasteiger partial charge in [-0.1, -0.05) is 12.1 Å². The molecule has 0 bridgehead atoms. The molecule has 104 valence electrons. The van der Waals surface area contributed by atoms with E-state index in [1.807, 2.05) is 18.7 Å². The Balaban J connectivity index is 1.82. The predicted molar refractivity (Wildman–Crippen MR) is 71.5 cm³/mol. The number of benzene rings is 1. The average molecular weight is 265 g/mol. The van der Waals surface area contributed by atoms with E-state index >= 15 is 0 Å². The van der Waals surface area contributed by atoms with Crippen LogP contribution in [0.5, 0.6) is 5.75 Å². The molecule has 3 nitrogen and oxygen atoms in total. The highest BCUT2D eigenvalue weighted by atomic mass is 19.1. The number of carbonyl (C=O) groups excluding carboxylic acids is 1. The van der Waals surface area contributed by atoms with Gasteiger partial charge in [0.1, 0.15) is 0 Å². The zero-order valence-corrected chi connectivity index (χ0v) is 11.4. The Kier molecular flexibility index (Phi) is 4.40. The highest BCUT2D eigenvalue weighted by molar-refractivity contribution is 5.77. The van der Waals surface area contributed by atoms with E-state index in [1.54, 1.807) is 18.2 Å². The third-order valence-electron chi connectivity index (χ3n) is 3.19. The third kappa shape index (κ3) is 3.69. The molecule has 4 heteroatoms. The summed E-state index contributed by atoms with van der Waals surface area (Å²) in [6, 6.07) is 6.86. The van der Waals surface area contributed by atoms with Crippen LogP contribution in [-0.4, -0.2) is 29.5 Å². The first-order valence-electron chi connectivity index (χ1n) is 6.78. The van der Waals surface area contributed by atoms with Gasteiger partial charge in [-0.2, -0.15) is 0 Å². The molecule has 0 aromatic heterocycles. The molecule has 1 aromatic rings. The maximum absolute atomic E-state index is 13.3. The summed E-state index contributed by atoms with van der Waals surface area (Å²) in [6.45, 7) is 4.26. The van der Waals surface area contributed by atoms with Gasteiger partial charge in [-0.25, -0.2) is 4.39 Å². The number of rotatable bonds is 6. The largest absolute Gasteiger partial charge is 0.490 e. The molecule has 0 radical (unpaired) electrons. The summed E-state index contributed by atoms with van der Waals surface area (Å²) in [4.78, 5) is 14.0. The Morgan fingerprint density at radius 1 is 1.42 bits per heavy atom. The minimum atomic E-state index is -0.391. The van der Waals surface area contributed by atoms with Gasteiger partial charge in [-0.15, -0.1) is 0 Å². The van der Waals surface area contributed by atoms with Crippen LogP contribution in [0, 0.1) is 5.82 Å². The fraction of sp³-hybridized carbons (Fsp3) is 0.533. The normalized spacial score (nSPS) is 14.5. The number of ether oxygens (including phenoxy) is 1. The lowest BCUT2D eigenvalue weighted by Crippen LogP contribution is -2.39. The average Bonchev–Trinajstić information content (AvgIpc) is 3.16. The zero-order valence-electron chi connectivity index (χ0n) is 11.4. The molecule has 0 N–H and O–H groups in total. The van der Waals surface area contributed by atoms with Crippen molar-refractivity contribution in [3.8, 4) is 5.75 Å². The molecular weight excluding hydrogens is 245 g/mol. The Bertz CT molecular complexity index is 442. The van der Waals surface area contributed by atoms with Gasteiger partial charge in [-0.3, -0.25) is 4.79 Å². The smallest absolute Gasteiger partial charge is 0.226 e. The van der Waals surface area contributed by atoms with E-state index in [0.29, 0.717) is 12.5 Å². The van der Waals surface area contributed by atoms with Crippen LogP contribution in [0.3, 0.4) is 0 Å². The lowest BCUT2D eigenvalue weighted by molar-refractivity contribution is -0.134. The summed E-state index contributed by atoms with van der Waals surface area (Å²) < 4.78 is 18.6. The number of hydrogen-bond donors (Lipinski definition) is 0. The van der Waals surface area contributed by atoms with Gasteiger partial charge in [0.2, 0.25) is 5.91 Å². The summed E-state index contributed by atoms with van der Waals surface area (Å²) in [5, 5.41) is 0. The van der Waals surface area contributed by atoms with Crippen molar-refractivity contribution >= 4 is 5.91 Å². The van der Waals surface area contributed by atoms with Crippen molar-refractivity contribution in [2.75, 3.05) is 6.61 Å². The first-order valence-corrected chi connectivity index (χ1v) is 6.78. The van der Waals surface area contributed by atoms with Crippen LogP contribution in [0.1, 0.15) is 33.1 Å². The minimum absolute atomic E-state index is 0.0915. The van der Waals surface area contributed by atoms with E-state index in [1.165, 1.54) is 6.07 Å². The van der Waals surface area contributed by atoms with Crippen LogP contribution in [0.4, 0.5) is 4.39 Å². The van der Waals surface area contributed by atoms with E-state index < -0.39 is 5.82 Å². The van der Waals surface area contributed by atoms with Gasteiger partial charge in [0.05, 0.1) is 13.0 Å². The van der Waals surface area contributed by atoms with Crippen molar-refractivity contribution in [3.05, 3.63) is 30.1 Å². The highest BCUT2D eigenvalue weighted by Gasteiger charge is 2.33. The van der Waals surface area contributed by atoms with Crippen molar-refractivity contribution in [3.63, 3.8) is 0 Å². The molecule has 1 fully saturated rings. The van der Waals surface area contributed by atoms with Gasteiger partial charge in [0.25, 0.3) is 0 Å². The number of halogens is 1. The van der Waals surface area contributed by atoms with Crippen molar-refractivity contribution < 1.29 is 13.9 Å². The van der Waals surface area contributed by atoms with Crippen LogP contribution >= 0.6 is 0 Å². The zero-order chi connectivity index (χ0) is 13.8. The molecule has 1 aromatic carbocycles. The Hall–Kier alpha value is -1.58. The number of para-hydroxylation sites is 1. The van der Waals surface area contributed by atoms with Crippen LogP contribution < -0.4 is 4.74 Å². The standard InChI is InChI=1S/C15H20FNO2/c1-11(2)17(12-7-8-12)15(18)9-10-19-14-6-4-3-5-13(14)16/h3-6,11-12H,7-10H2,1-2H3. The molecule has 1 saturated carbocycles. The third-order valence-corrected chi connectivity index (χ3v) is 3.19. The van der Waals surface area contributed by atoms with Crippen molar-refractivity contribution in [1.29, 1.82) is 0 Å². The molecule has 2 rings (SSSR count). The summed E-state index contributed by atoms with van der Waals surface area (Å²) in [6.07, 6.45) is 2.49. The SMILES string of the molecule is CC(C)N(C(=O)CCOc1ccccc1F)C1CC1. The maximum Gasteiger partial charge on any atom is 0.226 e. The molecule has 0 heterocycles. The first-order chi connectivity index (χ1) is 9.09. The fourth-order valence-electron chi connectivity index (χ4n) is 2.21. The molecule has 1 amide bonds. The van der Waals surface area contributed by atoms with Gasteiger partial charge in [0.15, 0.2) is 11.6 Å². The molecule has 1 aliphatic rings. The fourth-order valence-corrected chi connectivity index (χ4v) is 2.21. The lowest BCUT2D eigenvalue weighted by Gasteiger charge is -2.26. The number of carbonyl (C=O) groups is 1. The summed E-state index contributed by atoms with van der Waals surface area (Å²) >= 11 is 0. The predicted octanol–water partition coefficient (Wildman–Crippen LogP) is 2.99. The monoisotopic (exact) mass is 265 g/mol. The molecule has 19 heavy (non-hydrogen) atoms. The Morgan fingerprint density at radius 2 is 2.11 bits per heavy atom. The second-order valence-corrected chi connectivity index (χ2v) is 5.15. The second-order valence-electron chi connectivity index (χ2n) is 5.15. The second kappa shape index (κ2) is 6.04. The summed E-state index contributed by atoms with van der Waals surface area (Å²) in [5.41, 5.74) is 0. The van der Waals surface area contributed by atoms with E-state index in [-0.39, 0.29) is 24.3 Å². The lowest BCUT2D eigenvalue weighted by atomic mass is 10.2. The van der Waals surface area contributed by atoms with E-state index in [0.717, 1.165) is 12.8 Å². The van der Waals surface area contributed by atoms with Crippen molar-refractivity contribution in [2.45, 2.75) is 45.2 Å². The molecule has 1 aliphatic carbocycles. The molecular formula is C15H20FNO2. The first kappa shape index (κ1) is 13.8. The molecule has 0 atom stereocenters. The van der Waals surface area contributed by atoms with E-state index in [9.17, 15) is 9.18 Å². The van der Waals surface area contributed by atoms with E-state index in [4.69, 9.17) is 4.74 Å². The topological polar surface area (TPSA) is 29.5 Å². The molecule has 0 spiro atoms. The summed E-state index contributed by atoms with van der Waals surface area (Å²) in [7, 11) is 0. The van der Waals surface area contributed by atoms with Gasteiger partial charge >= 0.3 is 0 Å². The Morgan fingerprint density at radius 3 is 2.68 bits per heavy atom. The van der Waals surface area contributed by atoms with Crippen molar-refractivity contribution in [2.24, 2.45) is 0 Å². The number of nitrogens with zero attached hydrogens (tertiary/aromatic N) is 1. The van der Waals surface area contributed by atoms with Gasteiger partial charge in [0, 0.05) is 12.1 Å². The molecule has 0 unspecified atom stereocenters. The van der Waals surface area contributed by atoms with Gasteiger partial charge in [-0.05, 0) is 38.8 Å². The summed E-state index contributed by atoms with van der Waals surface area (Å²) in [5.74, 6) is -0.0930. The highest BCUT2D eigenvalue weighted by Crippen LogP contribution is 2.29. The number of hydrogen-bond acceptors (Lipinski definition) is 2. The molecule has 0 saturated heterocycles. The van der Waals surface area contributed by atoms with Gasteiger partial charge < -0.3 is 9.64 Å². The van der Waals surface area contributed by atoms with Crippen molar-refractivity contribution in [1.82, 2.24) is 4.90 Å². The van der Waals surface area contributed by atoms with Crippen LogP contribution in [0.25, 0.3) is 0 Å². The van der Waals surface area contributed by atoms with Crippen LogP contribution in [0.15, 0.2) is 24.3 Å². The molecule has 0 aliphatic heterocycles. The van der Waals surface area contributed by atoms with Crippen LogP contribution in [0.2, 0.25) is 0 Å². The minimum Gasteiger partial charge on any atom is -0.490 e. The number of amides is 1. The van der Waals surface area contributed by atoms with E-state index in [2.05, 4.69) is 0 Å².